The van der Waals surface area contributed by atoms with Crippen molar-refractivity contribution < 1.29 is 14.7 Å². The first-order valence-electron chi connectivity index (χ1n) is 8.53. The van der Waals surface area contributed by atoms with Crippen molar-refractivity contribution in [2.75, 3.05) is 26.2 Å². The molecule has 23 heavy (non-hydrogen) atoms. The minimum Gasteiger partial charge on any atom is -0.396 e. The van der Waals surface area contributed by atoms with E-state index in [9.17, 15) is 9.59 Å². The number of amides is 2. The van der Waals surface area contributed by atoms with E-state index in [0.29, 0.717) is 24.4 Å². The van der Waals surface area contributed by atoms with Crippen molar-refractivity contribution in [3.8, 4) is 0 Å². The van der Waals surface area contributed by atoms with Crippen LogP contribution >= 0.6 is 0 Å². The predicted molar refractivity (Wildman–Crippen MR) is 85.9 cm³/mol. The Bertz CT molecular complexity index is 543. The monoisotopic (exact) mass is 319 g/mol. The number of nitrogens with zero attached hydrogens (tertiary/aromatic N) is 2. The van der Waals surface area contributed by atoms with Crippen LogP contribution in [0, 0.1) is 5.92 Å². The minimum atomic E-state index is 0.0773. The van der Waals surface area contributed by atoms with E-state index >= 15 is 0 Å². The maximum Gasteiger partial charge on any atom is 0.255 e. The number of aromatic nitrogens is 1. The van der Waals surface area contributed by atoms with Gasteiger partial charge in [-0.25, -0.2) is 0 Å². The van der Waals surface area contributed by atoms with Gasteiger partial charge in [0.15, 0.2) is 0 Å². The first kappa shape index (κ1) is 16.1. The van der Waals surface area contributed by atoms with Crippen molar-refractivity contribution in [2.24, 2.45) is 5.92 Å². The molecule has 0 spiro atoms. The summed E-state index contributed by atoms with van der Waals surface area (Å²) in [6.45, 7) is 2.34. The van der Waals surface area contributed by atoms with Crippen LogP contribution in [0.15, 0.2) is 18.5 Å². The summed E-state index contributed by atoms with van der Waals surface area (Å²) in [5.41, 5.74) is 0.704. The summed E-state index contributed by atoms with van der Waals surface area (Å²) in [5, 5.41) is 8.93. The van der Waals surface area contributed by atoms with Crippen LogP contribution in [0.25, 0.3) is 0 Å². The van der Waals surface area contributed by atoms with E-state index in [2.05, 4.69) is 4.98 Å². The second kappa shape index (κ2) is 7.17. The third-order valence-corrected chi connectivity index (χ3v) is 5.08. The van der Waals surface area contributed by atoms with Crippen molar-refractivity contribution >= 4 is 11.8 Å². The average Bonchev–Trinajstić information content (AvgIpc) is 3.10. The van der Waals surface area contributed by atoms with Gasteiger partial charge in [-0.05, 0) is 37.7 Å². The van der Waals surface area contributed by atoms with E-state index in [4.69, 9.17) is 5.11 Å². The summed E-state index contributed by atoms with van der Waals surface area (Å²) in [7, 11) is 0. The molecule has 2 fully saturated rings. The second-order valence-electron chi connectivity index (χ2n) is 6.52. The van der Waals surface area contributed by atoms with Gasteiger partial charge in [-0.3, -0.25) is 9.59 Å². The zero-order valence-electron chi connectivity index (χ0n) is 13.4. The fourth-order valence-electron chi connectivity index (χ4n) is 3.86. The number of aliphatic hydroxyl groups excluding tert-OH is 1. The Labute approximate surface area is 136 Å². The van der Waals surface area contributed by atoms with Gasteiger partial charge in [0.05, 0.1) is 5.56 Å². The molecule has 2 N–H and O–H groups in total. The summed E-state index contributed by atoms with van der Waals surface area (Å²) in [6.07, 6.45) is 7.38. The summed E-state index contributed by atoms with van der Waals surface area (Å²) in [5.74, 6) is 0.682. The molecule has 2 aliphatic rings. The lowest BCUT2D eigenvalue weighted by Crippen LogP contribution is -2.57. The molecule has 2 aliphatic heterocycles. The van der Waals surface area contributed by atoms with Gasteiger partial charge in [0.2, 0.25) is 5.91 Å². The number of nitrogens with one attached hydrogen (secondary N) is 1. The molecule has 6 heteroatoms. The van der Waals surface area contributed by atoms with Gasteiger partial charge in [-0.15, -0.1) is 0 Å². The lowest BCUT2D eigenvalue weighted by atomic mass is 9.83. The normalized spacial score (nSPS) is 24.7. The number of hydrogen-bond acceptors (Lipinski definition) is 3. The van der Waals surface area contributed by atoms with E-state index in [-0.39, 0.29) is 24.5 Å². The molecule has 0 bridgehead atoms. The third-order valence-electron chi connectivity index (χ3n) is 5.08. The number of likely N-dealkylation sites (tertiary alicyclic amines) is 2. The number of carbonyl (C=O) groups excluding carboxylic acids is 2. The molecule has 0 saturated carbocycles. The van der Waals surface area contributed by atoms with E-state index < -0.39 is 0 Å². The van der Waals surface area contributed by atoms with Crippen LogP contribution in [-0.4, -0.2) is 64.0 Å². The van der Waals surface area contributed by atoms with Crippen LogP contribution in [0.3, 0.4) is 0 Å². The van der Waals surface area contributed by atoms with E-state index in [1.54, 1.807) is 18.5 Å². The van der Waals surface area contributed by atoms with E-state index in [1.165, 1.54) is 0 Å². The zero-order valence-corrected chi connectivity index (χ0v) is 13.4. The fraction of sp³-hybridized carbons (Fsp3) is 0.647. The van der Waals surface area contributed by atoms with Gasteiger partial charge in [0, 0.05) is 51.1 Å². The molecule has 6 nitrogen and oxygen atoms in total. The Morgan fingerprint density at radius 3 is 2.96 bits per heavy atom. The molecule has 1 aromatic heterocycles. The zero-order chi connectivity index (χ0) is 16.2. The Morgan fingerprint density at radius 2 is 2.22 bits per heavy atom. The van der Waals surface area contributed by atoms with Crippen LogP contribution < -0.4 is 0 Å². The van der Waals surface area contributed by atoms with Crippen molar-refractivity contribution in [2.45, 2.75) is 38.1 Å². The van der Waals surface area contributed by atoms with Crippen LogP contribution in [-0.2, 0) is 4.79 Å². The number of H-pyrrole nitrogens is 1. The quantitative estimate of drug-likeness (QED) is 0.802. The molecule has 0 radical (unpaired) electrons. The fourth-order valence-corrected chi connectivity index (χ4v) is 3.86. The molecule has 0 aromatic carbocycles. The molecule has 1 aromatic rings. The first-order chi connectivity index (χ1) is 11.2. The highest BCUT2D eigenvalue weighted by molar-refractivity contribution is 5.94. The summed E-state index contributed by atoms with van der Waals surface area (Å²) < 4.78 is 0. The molecule has 3 rings (SSSR count). The van der Waals surface area contributed by atoms with Gasteiger partial charge in [0.25, 0.3) is 5.91 Å². The minimum absolute atomic E-state index is 0.0773. The molecule has 2 saturated heterocycles. The average molecular weight is 319 g/mol. The Morgan fingerprint density at radius 1 is 1.35 bits per heavy atom. The summed E-state index contributed by atoms with van der Waals surface area (Å²) in [4.78, 5) is 31.6. The van der Waals surface area contributed by atoms with Crippen molar-refractivity contribution in [1.82, 2.24) is 14.8 Å². The maximum atomic E-state index is 12.5. The molecule has 126 valence electrons. The maximum absolute atomic E-state index is 12.5. The van der Waals surface area contributed by atoms with Crippen LogP contribution in [0.2, 0.25) is 0 Å². The van der Waals surface area contributed by atoms with Crippen LogP contribution in [0.1, 0.15) is 42.5 Å². The Balaban J connectivity index is 1.63. The van der Waals surface area contributed by atoms with Gasteiger partial charge < -0.3 is 19.9 Å². The second-order valence-corrected chi connectivity index (χ2v) is 6.52. The lowest BCUT2D eigenvalue weighted by molar-refractivity contribution is -0.140. The number of aliphatic hydroxyl groups is 1. The molecular weight excluding hydrogens is 294 g/mol. The van der Waals surface area contributed by atoms with Gasteiger partial charge in [0.1, 0.15) is 0 Å². The number of hydrogen-bond donors (Lipinski definition) is 2. The van der Waals surface area contributed by atoms with E-state index in [0.717, 1.165) is 38.8 Å². The largest absolute Gasteiger partial charge is 0.396 e. The Hall–Kier alpha value is -1.82. The third kappa shape index (κ3) is 3.42. The van der Waals surface area contributed by atoms with Gasteiger partial charge in [-0.1, -0.05) is 0 Å². The van der Waals surface area contributed by atoms with Crippen LogP contribution in [0.5, 0.6) is 0 Å². The SMILES string of the molecule is O=C(c1cc[nH]c1)N1CC[C@@H]2[C@@H](CCC(=O)N2CCCCO)C1. The number of piperidine rings is 2. The lowest BCUT2D eigenvalue weighted by Gasteiger charge is -2.47. The number of aromatic amines is 1. The molecule has 2 amide bonds. The number of carbonyl (C=O) groups is 2. The van der Waals surface area contributed by atoms with Gasteiger partial charge in [-0.2, -0.15) is 0 Å². The first-order valence-corrected chi connectivity index (χ1v) is 8.53. The molecule has 2 atom stereocenters. The van der Waals surface area contributed by atoms with Crippen molar-refractivity contribution in [3.05, 3.63) is 24.0 Å². The van der Waals surface area contributed by atoms with Crippen molar-refractivity contribution in [1.29, 1.82) is 0 Å². The van der Waals surface area contributed by atoms with Crippen molar-refractivity contribution in [3.63, 3.8) is 0 Å². The highest BCUT2D eigenvalue weighted by Gasteiger charge is 2.40. The summed E-state index contributed by atoms with van der Waals surface area (Å²) in [6, 6.07) is 2.06. The summed E-state index contributed by atoms with van der Waals surface area (Å²) >= 11 is 0. The Kier molecular flexibility index (Phi) is 5.00. The number of fused-ring (bicyclic) bond motifs is 1. The van der Waals surface area contributed by atoms with Crippen LogP contribution in [0.4, 0.5) is 0 Å². The van der Waals surface area contributed by atoms with E-state index in [1.807, 2.05) is 9.80 Å². The molecule has 0 unspecified atom stereocenters. The number of rotatable bonds is 5. The molecule has 0 aliphatic carbocycles. The topological polar surface area (TPSA) is 76.6 Å². The number of unbranched alkanes of at least 4 members (excludes halogenated alkanes) is 1. The predicted octanol–water partition coefficient (Wildman–Crippen LogP) is 1.24. The smallest absolute Gasteiger partial charge is 0.255 e. The highest BCUT2D eigenvalue weighted by atomic mass is 16.3. The van der Waals surface area contributed by atoms with Gasteiger partial charge >= 0.3 is 0 Å². The molecular formula is C17H25N3O3. The standard InChI is InChI=1S/C17H25N3O3/c21-10-2-1-8-20-15-6-9-19(12-14(15)3-4-16(20)22)17(23)13-5-7-18-11-13/h5,7,11,14-15,18,21H,1-4,6,8-10,12H2/t14-,15+/m0/s1. The highest BCUT2D eigenvalue weighted by Crippen LogP contribution is 2.32. The molecule has 3 heterocycles.